The zero-order chi connectivity index (χ0) is 14.3. The van der Waals surface area contributed by atoms with Gasteiger partial charge < -0.3 is 9.47 Å². The van der Waals surface area contributed by atoms with Crippen molar-refractivity contribution in [1.82, 2.24) is 0 Å². The van der Waals surface area contributed by atoms with E-state index in [-0.39, 0.29) is 52.8 Å². The van der Waals surface area contributed by atoms with Gasteiger partial charge in [0, 0.05) is 18.1 Å². The summed E-state index contributed by atoms with van der Waals surface area (Å²) in [7, 11) is 0. The van der Waals surface area contributed by atoms with Crippen LogP contribution in [0.15, 0.2) is 12.7 Å². The van der Waals surface area contributed by atoms with Crippen molar-refractivity contribution in [2.45, 2.75) is 48.4 Å². The zero-order valence-corrected chi connectivity index (χ0v) is 11.8. The van der Waals surface area contributed by atoms with Crippen LogP contribution in [-0.2, 0) is 23.9 Å². The first-order valence-electron chi connectivity index (χ1n) is 6.81. The van der Waals surface area contributed by atoms with Gasteiger partial charge in [0.25, 0.3) is 0 Å². The van der Waals surface area contributed by atoms with Crippen molar-refractivity contribution in [1.29, 1.82) is 0 Å². The number of esters is 2. The number of hydrogen-bond acceptors (Lipinski definition) is 6. The highest BCUT2D eigenvalue weighted by atomic mass is 32.2. The minimum absolute atomic E-state index is 0.00448. The van der Waals surface area contributed by atoms with Crippen molar-refractivity contribution in [2.24, 2.45) is 5.92 Å². The van der Waals surface area contributed by atoms with Crippen molar-refractivity contribution >= 4 is 29.5 Å². The average Bonchev–Trinajstić information content (AvgIpc) is 3.03. The van der Waals surface area contributed by atoms with Gasteiger partial charge in [-0.05, 0) is 18.9 Å². The van der Waals surface area contributed by atoms with E-state index >= 15 is 0 Å². The van der Waals surface area contributed by atoms with E-state index in [1.165, 1.54) is 6.08 Å². The van der Waals surface area contributed by atoms with Crippen molar-refractivity contribution < 1.29 is 23.9 Å². The van der Waals surface area contributed by atoms with Crippen LogP contribution in [0.5, 0.6) is 0 Å². The molecule has 0 spiro atoms. The molecule has 0 amide bonds. The molecule has 0 aromatic carbocycles. The van der Waals surface area contributed by atoms with Gasteiger partial charge in [0.1, 0.15) is 0 Å². The van der Waals surface area contributed by atoms with Crippen LogP contribution >= 0.6 is 11.8 Å². The van der Waals surface area contributed by atoms with E-state index in [2.05, 4.69) is 6.58 Å². The van der Waals surface area contributed by atoms with E-state index in [9.17, 15) is 14.4 Å². The van der Waals surface area contributed by atoms with E-state index < -0.39 is 0 Å². The summed E-state index contributed by atoms with van der Waals surface area (Å²) in [6, 6.07) is 0. The second-order valence-electron chi connectivity index (χ2n) is 5.36. The summed E-state index contributed by atoms with van der Waals surface area (Å²) in [5.41, 5.74) is 0. The molecule has 0 saturated carbocycles. The van der Waals surface area contributed by atoms with Gasteiger partial charge in [-0.25, -0.2) is 0 Å². The van der Waals surface area contributed by atoms with Crippen molar-refractivity contribution in [2.75, 3.05) is 0 Å². The maximum atomic E-state index is 11.8. The predicted octanol–water partition coefficient (Wildman–Crippen LogP) is 1.25. The molecule has 0 aromatic heterocycles. The lowest BCUT2D eigenvalue weighted by molar-refractivity contribution is -0.159. The van der Waals surface area contributed by atoms with Gasteiger partial charge in [-0.2, -0.15) is 0 Å². The van der Waals surface area contributed by atoms with Gasteiger partial charge in [0.2, 0.25) is 0 Å². The number of hydrogen-bond donors (Lipinski definition) is 0. The number of carbonyl (C=O) groups is 3. The Bertz CT molecular complexity index is 474. The van der Waals surface area contributed by atoms with Crippen molar-refractivity contribution in [3.63, 3.8) is 0 Å². The molecule has 5 nitrogen and oxygen atoms in total. The topological polar surface area (TPSA) is 69.7 Å². The number of allylic oxidation sites excluding steroid dienone is 1. The molecule has 3 saturated heterocycles. The van der Waals surface area contributed by atoms with Gasteiger partial charge in [-0.1, -0.05) is 6.58 Å². The third-order valence-corrected chi connectivity index (χ3v) is 5.80. The first-order chi connectivity index (χ1) is 9.60. The van der Waals surface area contributed by atoms with Crippen molar-refractivity contribution in [3.8, 4) is 0 Å². The van der Waals surface area contributed by atoms with E-state index in [4.69, 9.17) is 9.47 Å². The maximum Gasteiger partial charge on any atom is 0.310 e. The normalized spacial score (nSPS) is 36.8. The minimum Gasteiger partial charge on any atom is -0.457 e. The fourth-order valence-electron chi connectivity index (χ4n) is 3.10. The number of thioether (sulfide) groups is 1. The van der Waals surface area contributed by atoms with E-state index in [0.29, 0.717) is 12.8 Å². The molecule has 0 radical (unpaired) electrons. The lowest BCUT2D eigenvalue weighted by Gasteiger charge is -2.23. The Morgan fingerprint density at radius 3 is 3.00 bits per heavy atom. The molecular weight excluding hydrogens is 280 g/mol. The molecule has 108 valence electrons. The Labute approximate surface area is 121 Å². The Kier molecular flexibility index (Phi) is 3.58. The molecule has 3 fully saturated rings. The average molecular weight is 296 g/mol. The van der Waals surface area contributed by atoms with Gasteiger partial charge in [0.15, 0.2) is 18.0 Å². The summed E-state index contributed by atoms with van der Waals surface area (Å²) < 4.78 is 10.8. The van der Waals surface area contributed by atoms with Gasteiger partial charge in [-0.3, -0.25) is 14.4 Å². The summed E-state index contributed by atoms with van der Waals surface area (Å²) in [5, 5.41) is 0.341. The van der Waals surface area contributed by atoms with Gasteiger partial charge in [-0.15, -0.1) is 11.8 Å². The van der Waals surface area contributed by atoms with Crippen LogP contribution in [0.2, 0.25) is 0 Å². The van der Waals surface area contributed by atoms with Crippen LogP contribution in [0.3, 0.4) is 0 Å². The molecule has 3 aliphatic heterocycles. The molecule has 2 bridgehead atoms. The van der Waals surface area contributed by atoms with Crippen LogP contribution < -0.4 is 0 Å². The fourth-order valence-corrected chi connectivity index (χ4v) is 4.97. The summed E-state index contributed by atoms with van der Waals surface area (Å²) in [5.74, 6) is -0.541. The smallest absolute Gasteiger partial charge is 0.310 e. The molecular formula is C14H16O5S. The summed E-state index contributed by atoms with van der Waals surface area (Å²) in [4.78, 5) is 34.4. The molecule has 3 rings (SSSR count). The van der Waals surface area contributed by atoms with E-state index in [1.807, 2.05) is 0 Å². The Hall–Kier alpha value is -1.30. The highest BCUT2D eigenvalue weighted by Gasteiger charge is 2.64. The lowest BCUT2D eigenvalue weighted by Crippen LogP contribution is -2.40. The lowest BCUT2D eigenvalue weighted by atomic mass is 9.88. The first kappa shape index (κ1) is 13.7. The van der Waals surface area contributed by atoms with Crippen LogP contribution in [0, 0.1) is 5.92 Å². The van der Waals surface area contributed by atoms with Crippen LogP contribution in [0.25, 0.3) is 0 Å². The van der Waals surface area contributed by atoms with E-state index in [1.54, 1.807) is 11.8 Å². The summed E-state index contributed by atoms with van der Waals surface area (Å²) >= 11 is 1.71. The third kappa shape index (κ3) is 2.26. The van der Waals surface area contributed by atoms with Gasteiger partial charge in [0.05, 0.1) is 11.2 Å². The number of rotatable bonds is 6. The Balaban J connectivity index is 1.49. The molecule has 5 atom stereocenters. The highest BCUT2D eigenvalue weighted by Crippen LogP contribution is 2.55. The second kappa shape index (κ2) is 5.24. The maximum absolute atomic E-state index is 11.8. The molecule has 3 aliphatic rings. The first-order valence-corrected chi connectivity index (χ1v) is 7.75. The minimum atomic E-state index is -0.320. The Morgan fingerprint density at radius 2 is 2.25 bits per heavy atom. The summed E-state index contributed by atoms with van der Waals surface area (Å²) in [6.45, 7) is 3.38. The molecule has 0 aromatic rings. The highest BCUT2D eigenvalue weighted by molar-refractivity contribution is 8.01. The fraction of sp³-hybridized carbons (Fsp3) is 0.643. The number of ether oxygens (including phenoxy) is 2. The molecule has 20 heavy (non-hydrogen) atoms. The quantitative estimate of drug-likeness (QED) is 0.543. The second-order valence-corrected chi connectivity index (χ2v) is 6.78. The number of carbonyl (C=O) groups excluding carboxylic acids is 3. The molecule has 3 heterocycles. The standard InChI is InChI=1S/C14H16O5S/c1-2-7(15)4-3-5-10(16)18-11-9-6-8-13(20-9)12(11)19-14(8)17/h2,8-9,11-13H,1,3-6H2. The Morgan fingerprint density at radius 1 is 1.45 bits per heavy atom. The third-order valence-electron chi connectivity index (χ3n) is 4.08. The van der Waals surface area contributed by atoms with E-state index in [0.717, 1.165) is 6.42 Å². The largest absolute Gasteiger partial charge is 0.457 e. The zero-order valence-electron chi connectivity index (χ0n) is 10.9. The van der Waals surface area contributed by atoms with Gasteiger partial charge >= 0.3 is 11.9 Å². The molecule has 0 N–H and O–H groups in total. The number of fused-ring (bicyclic) bond motifs is 1. The predicted molar refractivity (Wildman–Crippen MR) is 72.1 cm³/mol. The van der Waals surface area contributed by atoms with Crippen LogP contribution in [-0.4, -0.2) is 40.4 Å². The number of ketones is 1. The van der Waals surface area contributed by atoms with Crippen LogP contribution in [0.1, 0.15) is 25.7 Å². The summed E-state index contributed by atoms with van der Waals surface area (Å²) in [6.07, 6.45) is 2.41. The molecule has 0 aliphatic carbocycles. The monoisotopic (exact) mass is 296 g/mol. The molecule has 6 heteroatoms. The van der Waals surface area contributed by atoms with Crippen molar-refractivity contribution in [3.05, 3.63) is 12.7 Å². The SMILES string of the molecule is C=CC(=O)CCCC(=O)OC1C2CC3C(=O)OC1C3S2. The molecule has 5 unspecified atom stereocenters. The van der Waals surface area contributed by atoms with Crippen LogP contribution in [0.4, 0.5) is 0 Å².